The molecule has 5 nitrogen and oxygen atoms in total. The van der Waals surface area contributed by atoms with Crippen LogP contribution in [-0.4, -0.2) is 32.7 Å². The van der Waals surface area contributed by atoms with Gasteiger partial charge in [0, 0.05) is 30.4 Å². The fourth-order valence-corrected chi connectivity index (χ4v) is 2.72. The fourth-order valence-electron chi connectivity index (χ4n) is 2.72. The number of hydrogen-bond donors (Lipinski definition) is 1. The van der Waals surface area contributed by atoms with Crippen molar-refractivity contribution in [2.45, 2.75) is 6.92 Å². The number of anilines is 2. The number of carbonyl (C=O) groups is 1. The lowest BCUT2D eigenvalue weighted by molar-refractivity contribution is 0.102. The number of nitrogens with zero attached hydrogens (tertiary/aromatic N) is 1. The predicted octanol–water partition coefficient (Wildman–Crippen LogP) is 3.72. The molecule has 130 valence electrons. The molecule has 1 amide bonds. The minimum absolute atomic E-state index is 0.180. The van der Waals surface area contributed by atoms with Gasteiger partial charge in [-0.05, 0) is 43.3 Å². The highest BCUT2D eigenvalue weighted by molar-refractivity contribution is 6.05. The Balaban J connectivity index is 1.75. The van der Waals surface area contributed by atoms with Crippen molar-refractivity contribution in [3.8, 4) is 11.5 Å². The van der Waals surface area contributed by atoms with E-state index in [2.05, 4.69) is 22.4 Å². The molecule has 3 rings (SSSR count). The lowest BCUT2D eigenvalue weighted by Crippen LogP contribution is -2.19. The van der Waals surface area contributed by atoms with Crippen LogP contribution in [0.3, 0.4) is 0 Å². The SMILES string of the molecule is CCOc1ccc(OC)cc1NC(=O)c1ccc(N2CC=CC2)cc1. The van der Waals surface area contributed by atoms with Gasteiger partial charge in [0.25, 0.3) is 5.91 Å². The van der Waals surface area contributed by atoms with Crippen LogP contribution in [0.25, 0.3) is 0 Å². The van der Waals surface area contributed by atoms with Crippen molar-refractivity contribution < 1.29 is 14.3 Å². The summed E-state index contributed by atoms with van der Waals surface area (Å²) in [6.45, 7) is 4.25. The number of amides is 1. The van der Waals surface area contributed by atoms with Crippen LogP contribution >= 0.6 is 0 Å². The van der Waals surface area contributed by atoms with Crippen LogP contribution in [0.15, 0.2) is 54.6 Å². The van der Waals surface area contributed by atoms with Crippen LogP contribution in [0.4, 0.5) is 11.4 Å². The van der Waals surface area contributed by atoms with Gasteiger partial charge in [-0.3, -0.25) is 4.79 Å². The molecule has 0 unspecified atom stereocenters. The summed E-state index contributed by atoms with van der Waals surface area (Å²) in [5, 5.41) is 2.91. The highest BCUT2D eigenvalue weighted by Gasteiger charge is 2.13. The first-order valence-electron chi connectivity index (χ1n) is 8.33. The molecular weight excluding hydrogens is 316 g/mol. The first-order chi connectivity index (χ1) is 12.2. The quantitative estimate of drug-likeness (QED) is 0.816. The second-order valence-electron chi connectivity index (χ2n) is 5.67. The van der Waals surface area contributed by atoms with Crippen molar-refractivity contribution in [2.24, 2.45) is 0 Å². The number of hydrogen-bond acceptors (Lipinski definition) is 4. The second-order valence-corrected chi connectivity index (χ2v) is 5.67. The Hall–Kier alpha value is -2.95. The van der Waals surface area contributed by atoms with Crippen LogP contribution < -0.4 is 19.7 Å². The van der Waals surface area contributed by atoms with E-state index >= 15 is 0 Å². The third-order valence-electron chi connectivity index (χ3n) is 4.05. The van der Waals surface area contributed by atoms with Gasteiger partial charge in [0.05, 0.1) is 19.4 Å². The first kappa shape index (κ1) is 16.9. The molecule has 2 aromatic rings. The standard InChI is InChI=1S/C20H22N2O3/c1-3-25-19-11-10-17(24-2)14-18(19)21-20(23)15-6-8-16(9-7-15)22-12-4-5-13-22/h4-11,14H,3,12-13H2,1-2H3,(H,21,23). The van der Waals surface area contributed by atoms with Gasteiger partial charge in [0.15, 0.2) is 0 Å². The Morgan fingerprint density at radius 2 is 1.84 bits per heavy atom. The van der Waals surface area contributed by atoms with Gasteiger partial charge in [-0.15, -0.1) is 0 Å². The average Bonchev–Trinajstić information content (AvgIpc) is 3.18. The molecule has 1 N–H and O–H groups in total. The number of methoxy groups -OCH3 is 1. The zero-order chi connectivity index (χ0) is 17.6. The van der Waals surface area contributed by atoms with E-state index in [1.807, 2.05) is 31.2 Å². The number of rotatable bonds is 6. The van der Waals surface area contributed by atoms with Crippen molar-refractivity contribution in [1.82, 2.24) is 0 Å². The molecule has 1 aliphatic heterocycles. The lowest BCUT2D eigenvalue weighted by atomic mass is 10.1. The van der Waals surface area contributed by atoms with E-state index in [-0.39, 0.29) is 5.91 Å². The molecule has 0 aliphatic carbocycles. The van der Waals surface area contributed by atoms with Crippen LogP contribution in [-0.2, 0) is 0 Å². The topological polar surface area (TPSA) is 50.8 Å². The van der Waals surface area contributed by atoms with Gasteiger partial charge in [0.2, 0.25) is 0 Å². The summed E-state index contributed by atoms with van der Waals surface area (Å²) in [6.07, 6.45) is 4.28. The van der Waals surface area contributed by atoms with E-state index in [9.17, 15) is 4.79 Å². The lowest BCUT2D eigenvalue weighted by Gasteiger charge is -2.18. The Morgan fingerprint density at radius 3 is 2.48 bits per heavy atom. The van der Waals surface area contributed by atoms with Gasteiger partial charge >= 0.3 is 0 Å². The molecule has 0 spiro atoms. The van der Waals surface area contributed by atoms with E-state index < -0.39 is 0 Å². The third kappa shape index (κ3) is 3.94. The molecule has 5 heteroatoms. The summed E-state index contributed by atoms with van der Waals surface area (Å²) in [7, 11) is 1.59. The molecule has 1 heterocycles. The monoisotopic (exact) mass is 338 g/mol. The molecule has 2 aromatic carbocycles. The number of nitrogens with one attached hydrogen (secondary N) is 1. The summed E-state index contributed by atoms with van der Waals surface area (Å²) in [5.41, 5.74) is 2.30. The van der Waals surface area contributed by atoms with Crippen molar-refractivity contribution in [1.29, 1.82) is 0 Å². The Kier molecular flexibility index (Phi) is 5.23. The molecule has 0 fully saturated rings. The van der Waals surface area contributed by atoms with Crippen LogP contribution in [0.5, 0.6) is 11.5 Å². The minimum atomic E-state index is -0.180. The average molecular weight is 338 g/mol. The molecule has 0 atom stereocenters. The maximum Gasteiger partial charge on any atom is 0.255 e. The van der Waals surface area contributed by atoms with Gasteiger partial charge < -0.3 is 19.7 Å². The zero-order valence-electron chi connectivity index (χ0n) is 14.5. The van der Waals surface area contributed by atoms with E-state index in [1.54, 1.807) is 25.3 Å². The molecule has 0 bridgehead atoms. The van der Waals surface area contributed by atoms with E-state index in [0.717, 1.165) is 18.8 Å². The van der Waals surface area contributed by atoms with Gasteiger partial charge in [-0.25, -0.2) is 0 Å². The number of ether oxygens (including phenoxy) is 2. The summed E-state index contributed by atoms with van der Waals surface area (Å²) in [5.74, 6) is 1.10. The van der Waals surface area contributed by atoms with Gasteiger partial charge in [-0.1, -0.05) is 12.2 Å². The van der Waals surface area contributed by atoms with Gasteiger partial charge in [-0.2, -0.15) is 0 Å². The smallest absolute Gasteiger partial charge is 0.255 e. The zero-order valence-corrected chi connectivity index (χ0v) is 14.5. The summed E-state index contributed by atoms with van der Waals surface area (Å²) < 4.78 is 10.8. The molecule has 25 heavy (non-hydrogen) atoms. The summed E-state index contributed by atoms with van der Waals surface area (Å²) in [4.78, 5) is 14.8. The highest BCUT2D eigenvalue weighted by Crippen LogP contribution is 2.30. The van der Waals surface area contributed by atoms with Crippen molar-refractivity contribution >= 4 is 17.3 Å². The molecule has 0 aromatic heterocycles. The van der Waals surface area contributed by atoms with E-state index in [1.165, 1.54) is 0 Å². The molecule has 0 saturated carbocycles. The van der Waals surface area contributed by atoms with Gasteiger partial charge in [0.1, 0.15) is 11.5 Å². The molecular formula is C20H22N2O3. The fraction of sp³-hybridized carbons (Fsp3) is 0.250. The predicted molar refractivity (Wildman–Crippen MR) is 99.9 cm³/mol. The van der Waals surface area contributed by atoms with E-state index in [0.29, 0.717) is 29.4 Å². The highest BCUT2D eigenvalue weighted by atomic mass is 16.5. The maximum atomic E-state index is 12.6. The Bertz CT molecular complexity index is 761. The Morgan fingerprint density at radius 1 is 1.12 bits per heavy atom. The summed E-state index contributed by atoms with van der Waals surface area (Å²) in [6, 6.07) is 13.0. The van der Waals surface area contributed by atoms with Crippen molar-refractivity contribution in [2.75, 3.05) is 37.0 Å². The second kappa shape index (κ2) is 7.75. The third-order valence-corrected chi connectivity index (χ3v) is 4.05. The number of carbonyl (C=O) groups excluding carboxylic acids is 1. The normalized spacial score (nSPS) is 13.0. The minimum Gasteiger partial charge on any atom is -0.497 e. The van der Waals surface area contributed by atoms with Crippen molar-refractivity contribution in [3.63, 3.8) is 0 Å². The molecule has 1 aliphatic rings. The molecule has 0 saturated heterocycles. The van der Waals surface area contributed by atoms with Crippen LogP contribution in [0, 0.1) is 0 Å². The largest absolute Gasteiger partial charge is 0.497 e. The van der Waals surface area contributed by atoms with E-state index in [4.69, 9.17) is 9.47 Å². The summed E-state index contributed by atoms with van der Waals surface area (Å²) >= 11 is 0. The maximum absolute atomic E-state index is 12.6. The molecule has 0 radical (unpaired) electrons. The van der Waals surface area contributed by atoms with Crippen LogP contribution in [0.1, 0.15) is 17.3 Å². The Labute approximate surface area is 147 Å². The first-order valence-corrected chi connectivity index (χ1v) is 8.33. The van der Waals surface area contributed by atoms with Crippen LogP contribution in [0.2, 0.25) is 0 Å². The number of benzene rings is 2. The van der Waals surface area contributed by atoms with Crippen molar-refractivity contribution in [3.05, 3.63) is 60.2 Å².